The molecule has 0 aromatic heterocycles. The Kier molecular flexibility index (Phi) is 2.78. The molecule has 0 N–H and O–H groups in total. The van der Waals surface area contributed by atoms with E-state index in [1.165, 1.54) is 10.6 Å². The summed E-state index contributed by atoms with van der Waals surface area (Å²) in [4.78, 5) is 2.10. The first kappa shape index (κ1) is 11.7. The van der Waals surface area contributed by atoms with Gasteiger partial charge < -0.3 is 15.2 Å². The molecule has 1 heterocycles. The molecule has 0 spiro atoms. The second-order valence-corrected chi connectivity index (χ2v) is 5.41. The van der Waals surface area contributed by atoms with Crippen LogP contribution in [0.1, 0.15) is 27.7 Å². The van der Waals surface area contributed by atoms with Crippen LogP contribution in [-0.4, -0.2) is 41.7 Å². The zero-order chi connectivity index (χ0) is 11.1. The smallest absolute Gasteiger partial charge is 0.0267 e. The van der Waals surface area contributed by atoms with Gasteiger partial charge in [0.2, 0.25) is 0 Å². The second-order valence-electron chi connectivity index (χ2n) is 5.41. The molecular formula is C11H21N2O-. The maximum Gasteiger partial charge on any atom is 0.0267 e. The lowest BCUT2D eigenvalue weighted by Gasteiger charge is -2.48. The molecule has 0 radical (unpaired) electrons. The van der Waals surface area contributed by atoms with E-state index in [0.29, 0.717) is 0 Å². The third-order valence-electron chi connectivity index (χ3n) is 2.83. The first-order valence-electron chi connectivity index (χ1n) is 5.02. The van der Waals surface area contributed by atoms with Crippen molar-refractivity contribution in [2.24, 2.45) is 0 Å². The lowest BCUT2D eigenvalue weighted by atomic mass is 9.96. The summed E-state index contributed by atoms with van der Waals surface area (Å²) in [6, 6.07) is 0. The van der Waals surface area contributed by atoms with E-state index in [4.69, 9.17) is 0 Å². The van der Waals surface area contributed by atoms with Crippen LogP contribution in [0.4, 0.5) is 0 Å². The highest BCUT2D eigenvalue weighted by molar-refractivity contribution is 5.32. The van der Waals surface area contributed by atoms with Crippen LogP contribution in [-0.2, 0) is 0 Å². The van der Waals surface area contributed by atoms with Crippen LogP contribution in [0, 0.1) is 5.21 Å². The van der Waals surface area contributed by atoms with Gasteiger partial charge in [0.25, 0.3) is 0 Å². The molecule has 14 heavy (non-hydrogen) atoms. The van der Waals surface area contributed by atoms with Gasteiger partial charge in [0.1, 0.15) is 0 Å². The van der Waals surface area contributed by atoms with Gasteiger partial charge in [-0.05, 0) is 47.4 Å². The summed E-state index contributed by atoms with van der Waals surface area (Å²) < 4.78 is 0. The molecule has 1 aliphatic heterocycles. The van der Waals surface area contributed by atoms with Crippen molar-refractivity contribution in [3.8, 4) is 0 Å². The molecule has 0 atom stereocenters. The Morgan fingerprint density at radius 1 is 1.29 bits per heavy atom. The zero-order valence-corrected chi connectivity index (χ0v) is 10.1. The Hall–Kier alpha value is -0.380. The minimum atomic E-state index is -0.367. The van der Waals surface area contributed by atoms with E-state index in [1.54, 1.807) is 0 Å². The average molecular weight is 197 g/mol. The SMILES string of the molecule is CN(C)CC1=CC(C)(C)N([O-])C1(C)C. The molecule has 0 aromatic rings. The van der Waals surface area contributed by atoms with Crippen molar-refractivity contribution in [3.05, 3.63) is 16.9 Å². The fourth-order valence-electron chi connectivity index (χ4n) is 2.09. The molecule has 3 nitrogen and oxygen atoms in total. The molecular weight excluding hydrogens is 176 g/mol. The molecule has 82 valence electrons. The van der Waals surface area contributed by atoms with Crippen molar-refractivity contribution in [3.63, 3.8) is 0 Å². The lowest BCUT2D eigenvalue weighted by Crippen LogP contribution is -2.46. The van der Waals surface area contributed by atoms with Crippen LogP contribution in [0.15, 0.2) is 11.6 Å². The van der Waals surface area contributed by atoms with Crippen LogP contribution >= 0.6 is 0 Å². The molecule has 0 unspecified atom stereocenters. The molecule has 1 rings (SSSR count). The number of rotatable bonds is 2. The van der Waals surface area contributed by atoms with Gasteiger partial charge in [-0.1, -0.05) is 6.08 Å². The van der Waals surface area contributed by atoms with Crippen molar-refractivity contribution in [2.45, 2.75) is 38.8 Å². The first-order valence-corrected chi connectivity index (χ1v) is 5.02. The predicted octanol–water partition coefficient (Wildman–Crippen LogP) is 1.84. The van der Waals surface area contributed by atoms with Crippen molar-refractivity contribution >= 4 is 0 Å². The minimum absolute atomic E-state index is 0.366. The summed E-state index contributed by atoms with van der Waals surface area (Å²) in [5, 5.41) is 13.2. The molecule has 0 saturated heterocycles. The monoisotopic (exact) mass is 197 g/mol. The number of hydrogen-bond donors (Lipinski definition) is 0. The Bertz CT molecular complexity index is 254. The van der Waals surface area contributed by atoms with Crippen LogP contribution in [0.2, 0.25) is 0 Å². The topological polar surface area (TPSA) is 29.5 Å². The van der Waals surface area contributed by atoms with Gasteiger partial charge in [-0.3, -0.25) is 0 Å². The van der Waals surface area contributed by atoms with E-state index in [9.17, 15) is 5.21 Å². The van der Waals surface area contributed by atoms with Gasteiger partial charge >= 0.3 is 0 Å². The van der Waals surface area contributed by atoms with Gasteiger partial charge in [-0.15, -0.1) is 0 Å². The highest BCUT2D eigenvalue weighted by Gasteiger charge is 2.39. The molecule has 0 bridgehead atoms. The minimum Gasteiger partial charge on any atom is -0.784 e. The number of hydrogen-bond acceptors (Lipinski definition) is 3. The lowest BCUT2D eigenvalue weighted by molar-refractivity contribution is 0.154. The van der Waals surface area contributed by atoms with Crippen LogP contribution in [0.3, 0.4) is 0 Å². The highest BCUT2D eigenvalue weighted by atomic mass is 16.5. The molecule has 3 heteroatoms. The fourth-order valence-corrected chi connectivity index (χ4v) is 2.09. The van der Waals surface area contributed by atoms with Crippen molar-refractivity contribution in [1.29, 1.82) is 0 Å². The van der Waals surface area contributed by atoms with Crippen LogP contribution in [0.25, 0.3) is 0 Å². The Morgan fingerprint density at radius 2 is 1.79 bits per heavy atom. The molecule has 0 aromatic carbocycles. The van der Waals surface area contributed by atoms with E-state index in [1.807, 2.05) is 41.8 Å². The zero-order valence-electron chi connectivity index (χ0n) is 10.1. The van der Waals surface area contributed by atoms with Gasteiger partial charge in [0.15, 0.2) is 0 Å². The quantitative estimate of drug-likeness (QED) is 0.633. The maximum absolute atomic E-state index is 12.0. The van der Waals surface area contributed by atoms with E-state index >= 15 is 0 Å². The van der Waals surface area contributed by atoms with Gasteiger partial charge in [-0.2, -0.15) is 0 Å². The Labute approximate surface area is 87.0 Å². The van der Waals surface area contributed by atoms with E-state index in [2.05, 4.69) is 11.0 Å². The first-order chi connectivity index (χ1) is 6.18. The van der Waals surface area contributed by atoms with E-state index < -0.39 is 0 Å². The van der Waals surface area contributed by atoms with Crippen LogP contribution in [0.5, 0.6) is 0 Å². The molecule has 1 aliphatic rings. The summed E-state index contributed by atoms with van der Waals surface area (Å²) in [7, 11) is 4.05. The summed E-state index contributed by atoms with van der Waals surface area (Å²) in [6.07, 6.45) is 2.10. The standard InChI is InChI=1S/C11H21N2O/c1-10(2)7-9(8-12(5)6)11(3,4)13(10)14/h7H,8H2,1-6H3/q-1. The molecule has 0 amide bonds. The third-order valence-corrected chi connectivity index (χ3v) is 2.83. The number of nitrogens with zero attached hydrogens (tertiary/aromatic N) is 2. The molecule has 0 fully saturated rings. The predicted molar refractivity (Wildman–Crippen MR) is 60.0 cm³/mol. The van der Waals surface area contributed by atoms with E-state index in [-0.39, 0.29) is 11.1 Å². The Morgan fingerprint density at radius 3 is 2.07 bits per heavy atom. The van der Waals surface area contributed by atoms with E-state index in [0.717, 1.165) is 6.54 Å². The summed E-state index contributed by atoms with van der Waals surface area (Å²) in [5.74, 6) is 0. The Balaban J connectivity index is 2.94. The molecule has 0 aliphatic carbocycles. The fraction of sp³-hybridized carbons (Fsp3) is 0.818. The second kappa shape index (κ2) is 3.33. The van der Waals surface area contributed by atoms with Gasteiger partial charge in [-0.25, -0.2) is 0 Å². The largest absolute Gasteiger partial charge is 0.784 e. The number of hydroxylamine groups is 2. The van der Waals surface area contributed by atoms with Crippen molar-refractivity contribution in [1.82, 2.24) is 9.96 Å². The highest BCUT2D eigenvalue weighted by Crippen LogP contribution is 2.38. The van der Waals surface area contributed by atoms with Crippen molar-refractivity contribution in [2.75, 3.05) is 20.6 Å². The van der Waals surface area contributed by atoms with Crippen molar-refractivity contribution < 1.29 is 0 Å². The summed E-state index contributed by atoms with van der Waals surface area (Å²) in [5.41, 5.74) is 0.477. The summed E-state index contributed by atoms with van der Waals surface area (Å²) >= 11 is 0. The summed E-state index contributed by atoms with van der Waals surface area (Å²) in [6.45, 7) is 8.76. The molecule has 0 saturated carbocycles. The van der Waals surface area contributed by atoms with Crippen LogP contribution < -0.4 is 0 Å². The number of likely N-dealkylation sites (N-methyl/N-ethyl adjacent to an activating group) is 1. The maximum atomic E-state index is 12.0. The third kappa shape index (κ3) is 1.85. The normalized spacial score (nSPS) is 25.6. The van der Waals surface area contributed by atoms with Gasteiger partial charge in [0.05, 0.1) is 0 Å². The van der Waals surface area contributed by atoms with Gasteiger partial charge in [0, 0.05) is 17.6 Å². The average Bonchev–Trinajstić information content (AvgIpc) is 2.12.